The minimum Gasteiger partial charge on any atom is -0.353 e. The molecule has 2 heterocycles. The van der Waals surface area contributed by atoms with E-state index in [9.17, 15) is 4.79 Å². The van der Waals surface area contributed by atoms with Crippen LogP contribution in [-0.2, 0) is 4.79 Å². The highest BCUT2D eigenvalue weighted by atomic mass is 16.6. The van der Waals surface area contributed by atoms with Crippen molar-refractivity contribution in [2.24, 2.45) is 0 Å². The Kier molecular flexibility index (Phi) is 2.20. The Hall–Kier alpha value is -1.43. The van der Waals surface area contributed by atoms with Gasteiger partial charge < -0.3 is 5.32 Å². The van der Waals surface area contributed by atoms with Crippen molar-refractivity contribution < 1.29 is 9.42 Å². The van der Waals surface area contributed by atoms with E-state index in [4.69, 9.17) is 0 Å². The summed E-state index contributed by atoms with van der Waals surface area (Å²) in [6, 6.07) is -0.209. The molecule has 1 amide bonds. The summed E-state index contributed by atoms with van der Waals surface area (Å²) in [6.45, 7) is 4.16. The second-order valence-electron chi connectivity index (χ2n) is 3.42. The molecular weight excluding hydrogens is 184 g/mol. The average Bonchev–Trinajstić information content (AvgIpc) is 2.57. The number of aryl methyl sites for hydroxylation is 1. The van der Waals surface area contributed by atoms with Crippen LogP contribution in [0.4, 0.5) is 0 Å². The molecule has 2 atom stereocenters. The molecule has 0 bridgehead atoms. The Bertz CT molecular complexity index is 349. The van der Waals surface area contributed by atoms with Gasteiger partial charge in [0, 0.05) is 6.54 Å². The molecule has 76 valence electrons. The summed E-state index contributed by atoms with van der Waals surface area (Å²) in [5.41, 5.74) is 1.52. The number of carbonyl (C=O) groups excluding carboxylic acids is 1. The van der Waals surface area contributed by atoms with Gasteiger partial charge in [0.05, 0.1) is 12.1 Å². The Morgan fingerprint density at radius 1 is 1.50 bits per heavy atom. The molecular formula is C8H12N4O2. The smallest absolute Gasteiger partial charge is 0.236 e. The average molecular weight is 196 g/mol. The molecule has 1 saturated heterocycles. The van der Waals surface area contributed by atoms with Gasteiger partial charge in [-0.15, -0.1) is 0 Å². The molecule has 2 N–H and O–H groups in total. The maximum atomic E-state index is 11.2. The first-order valence-corrected chi connectivity index (χ1v) is 4.51. The molecule has 14 heavy (non-hydrogen) atoms. The fraction of sp³-hybridized carbons (Fsp3) is 0.625. The quantitative estimate of drug-likeness (QED) is 0.634. The summed E-state index contributed by atoms with van der Waals surface area (Å²) in [7, 11) is 0. The molecule has 1 aliphatic rings. The molecule has 1 aromatic rings. The van der Waals surface area contributed by atoms with Crippen LogP contribution in [0.1, 0.15) is 24.4 Å². The van der Waals surface area contributed by atoms with E-state index < -0.39 is 0 Å². The first kappa shape index (κ1) is 9.14. The highest BCUT2D eigenvalue weighted by molar-refractivity contribution is 5.82. The van der Waals surface area contributed by atoms with Crippen LogP contribution in [0.25, 0.3) is 0 Å². The predicted molar refractivity (Wildman–Crippen MR) is 47.4 cm³/mol. The molecule has 0 aliphatic carbocycles. The molecule has 0 radical (unpaired) electrons. The van der Waals surface area contributed by atoms with Crippen LogP contribution in [0.15, 0.2) is 4.63 Å². The van der Waals surface area contributed by atoms with Gasteiger partial charge >= 0.3 is 0 Å². The predicted octanol–water partition coefficient (Wildman–Crippen LogP) is -0.473. The molecule has 1 aromatic heterocycles. The molecule has 6 heteroatoms. The fourth-order valence-electron chi connectivity index (χ4n) is 1.52. The summed E-state index contributed by atoms with van der Waals surface area (Å²) in [5, 5.41) is 13.4. The van der Waals surface area contributed by atoms with Gasteiger partial charge in [-0.25, -0.2) is 4.63 Å². The monoisotopic (exact) mass is 196 g/mol. The minimum atomic E-state index is -0.204. The molecule has 6 nitrogen and oxygen atoms in total. The number of hydrogen-bond acceptors (Lipinski definition) is 5. The van der Waals surface area contributed by atoms with Gasteiger partial charge in [-0.3, -0.25) is 10.1 Å². The van der Waals surface area contributed by atoms with Gasteiger partial charge in [0.1, 0.15) is 11.4 Å². The Balaban J connectivity index is 2.14. The van der Waals surface area contributed by atoms with Crippen LogP contribution >= 0.6 is 0 Å². The number of nitrogens with zero attached hydrogens (tertiary/aromatic N) is 2. The van der Waals surface area contributed by atoms with E-state index in [1.54, 1.807) is 0 Å². The second-order valence-corrected chi connectivity index (χ2v) is 3.42. The standard InChI is InChI=1S/C8H12N4O2/c1-4-7(12-14-11-4)6-3-9-8(13)5(2)10-6/h5-6,10H,3H2,1-2H3,(H,9,13)/t5-,6?/m1/s1. The van der Waals surface area contributed by atoms with E-state index >= 15 is 0 Å². The third kappa shape index (κ3) is 1.48. The van der Waals surface area contributed by atoms with Gasteiger partial charge in [-0.05, 0) is 13.8 Å². The van der Waals surface area contributed by atoms with E-state index in [-0.39, 0.29) is 18.0 Å². The van der Waals surface area contributed by atoms with Gasteiger partial charge in [-0.1, -0.05) is 10.3 Å². The second kappa shape index (κ2) is 3.38. The molecule has 0 saturated carbocycles. The van der Waals surface area contributed by atoms with Crippen molar-refractivity contribution in [1.82, 2.24) is 20.9 Å². The summed E-state index contributed by atoms with van der Waals surface area (Å²) in [4.78, 5) is 11.2. The topological polar surface area (TPSA) is 80.1 Å². The van der Waals surface area contributed by atoms with Gasteiger partial charge in [0.25, 0.3) is 0 Å². The van der Waals surface area contributed by atoms with E-state index in [0.29, 0.717) is 6.54 Å². The molecule has 1 fully saturated rings. The third-order valence-electron chi connectivity index (χ3n) is 2.34. The lowest BCUT2D eigenvalue weighted by molar-refractivity contribution is -0.124. The zero-order chi connectivity index (χ0) is 10.1. The van der Waals surface area contributed by atoms with Crippen molar-refractivity contribution >= 4 is 5.91 Å². The summed E-state index contributed by atoms with van der Waals surface area (Å²) < 4.78 is 4.61. The molecule has 0 spiro atoms. The van der Waals surface area contributed by atoms with Crippen molar-refractivity contribution in [1.29, 1.82) is 0 Å². The van der Waals surface area contributed by atoms with Crippen LogP contribution in [0.5, 0.6) is 0 Å². The molecule has 2 rings (SSSR count). The highest BCUT2D eigenvalue weighted by Crippen LogP contribution is 2.15. The summed E-state index contributed by atoms with van der Waals surface area (Å²) >= 11 is 0. The Labute approximate surface area is 81.0 Å². The van der Waals surface area contributed by atoms with Gasteiger partial charge in [0.15, 0.2) is 0 Å². The van der Waals surface area contributed by atoms with Crippen LogP contribution < -0.4 is 10.6 Å². The number of piperazine rings is 1. The van der Waals surface area contributed by atoms with Crippen LogP contribution in [0.3, 0.4) is 0 Å². The number of nitrogens with one attached hydrogen (secondary N) is 2. The van der Waals surface area contributed by atoms with Crippen LogP contribution in [-0.4, -0.2) is 28.8 Å². The number of hydrogen-bond donors (Lipinski definition) is 2. The Morgan fingerprint density at radius 3 is 2.86 bits per heavy atom. The largest absolute Gasteiger partial charge is 0.353 e. The lowest BCUT2D eigenvalue weighted by Gasteiger charge is -2.27. The molecule has 1 aliphatic heterocycles. The maximum Gasteiger partial charge on any atom is 0.236 e. The van der Waals surface area contributed by atoms with E-state index in [1.807, 2.05) is 13.8 Å². The van der Waals surface area contributed by atoms with Crippen molar-refractivity contribution in [3.05, 3.63) is 11.4 Å². The number of carbonyl (C=O) groups is 1. The number of rotatable bonds is 1. The van der Waals surface area contributed by atoms with Crippen molar-refractivity contribution in [3.8, 4) is 0 Å². The number of aromatic nitrogens is 2. The van der Waals surface area contributed by atoms with Crippen molar-refractivity contribution in [2.45, 2.75) is 25.9 Å². The zero-order valence-electron chi connectivity index (χ0n) is 8.07. The zero-order valence-corrected chi connectivity index (χ0v) is 8.07. The number of amides is 1. The molecule has 0 aromatic carbocycles. The lowest BCUT2D eigenvalue weighted by Crippen LogP contribution is -2.53. The Morgan fingerprint density at radius 2 is 2.29 bits per heavy atom. The highest BCUT2D eigenvalue weighted by Gasteiger charge is 2.28. The first-order valence-electron chi connectivity index (χ1n) is 4.51. The van der Waals surface area contributed by atoms with E-state index in [0.717, 1.165) is 11.4 Å². The first-order chi connectivity index (χ1) is 6.68. The minimum absolute atomic E-state index is 0.00560. The van der Waals surface area contributed by atoms with E-state index in [1.165, 1.54) is 0 Å². The van der Waals surface area contributed by atoms with Crippen LogP contribution in [0, 0.1) is 6.92 Å². The van der Waals surface area contributed by atoms with Crippen LogP contribution in [0.2, 0.25) is 0 Å². The normalized spacial score (nSPS) is 27.4. The molecule has 1 unspecified atom stereocenters. The third-order valence-corrected chi connectivity index (χ3v) is 2.34. The van der Waals surface area contributed by atoms with Gasteiger partial charge in [-0.2, -0.15) is 0 Å². The SMILES string of the molecule is Cc1nonc1C1CNC(=O)[C@@H](C)N1. The summed E-state index contributed by atoms with van der Waals surface area (Å²) in [5.74, 6) is 0.00959. The maximum absolute atomic E-state index is 11.2. The summed E-state index contributed by atoms with van der Waals surface area (Å²) in [6.07, 6.45) is 0. The van der Waals surface area contributed by atoms with Crippen molar-refractivity contribution in [3.63, 3.8) is 0 Å². The lowest BCUT2D eigenvalue weighted by atomic mass is 10.1. The fourth-order valence-corrected chi connectivity index (χ4v) is 1.52. The van der Waals surface area contributed by atoms with Gasteiger partial charge in [0.2, 0.25) is 5.91 Å². The van der Waals surface area contributed by atoms with E-state index in [2.05, 4.69) is 25.6 Å². The van der Waals surface area contributed by atoms with Crippen molar-refractivity contribution in [2.75, 3.05) is 6.54 Å².